The number of nitriles is 1. The van der Waals surface area contributed by atoms with Gasteiger partial charge in [-0.2, -0.15) is 5.26 Å². The summed E-state index contributed by atoms with van der Waals surface area (Å²) in [4.78, 5) is 40.9. The van der Waals surface area contributed by atoms with Crippen molar-refractivity contribution in [3.05, 3.63) is 64.7 Å². The third kappa shape index (κ3) is 4.49. The number of carbonyl (C=O) groups is 3. The molecule has 3 aliphatic heterocycles. The van der Waals surface area contributed by atoms with E-state index in [1.807, 2.05) is 30.3 Å². The van der Waals surface area contributed by atoms with Crippen molar-refractivity contribution in [1.29, 1.82) is 5.26 Å². The lowest BCUT2D eigenvalue weighted by molar-refractivity contribution is -0.136. The second-order valence-corrected chi connectivity index (χ2v) is 10.6. The molecule has 0 spiro atoms. The van der Waals surface area contributed by atoms with Gasteiger partial charge >= 0.3 is 0 Å². The molecule has 0 bridgehead atoms. The Morgan fingerprint density at radius 2 is 1.84 bits per heavy atom. The fraction of sp³-hybridized carbons (Fsp3) is 0.448. The summed E-state index contributed by atoms with van der Waals surface area (Å²) < 4.78 is 6.54. The molecule has 37 heavy (non-hydrogen) atoms. The van der Waals surface area contributed by atoms with Gasteiger partial charge in [0, 0.05) is 43.6 Å². The number of likely N-dealkylation sites (tertiary alicyclic amines) is 1. The Hall–Kier alpha value is -3.70. The van der Waals surface area contributed by atoms with Crippen molar-refractivity contribution < 1.29 is 19.1 Å². The van der Waals surface area contributed by atoms with E-state index in [4.69, 9.17) is 4.74 Å². The molecule has 3 fully saturated rings. The Labute approximate surface area is 216 Å². The lowest BCUT2D eigenvalue weighted by Gasteiger charge is -2.48. The van der Waals surface area contributed by atoms with Gasteiger partial charge in [-0.05, 0) is 67.1 Å². The van der Waals surface area contributed by atoms with Crippen LogP contribution in [0.3, 0.4) is 0 Å². The fourth-order valence-electron chi connectivity index (χ4n) is 6.29. The van der Waals surface area contributed by atoms with Gasteiger partial charge in [0.1, 0.15) is 17.9 Å². The first kappa shape index (κ1) is 23.7. The molecular weight excluding hydrogens is 468 g/mol. The van der Waals surface area contributed by atoms with Crippen molar-refractivity contribution >= 4 is 17.7 Å². The van der Waals surface area contributed by atoms with Crippen LogP contribution in [0.1, 0.15) is 71.5 Å². The minimum absolute atomic E-state index is 0.0848. The largest absolute Gasteiger partial charge is 0.489 e. The van der Waals surface area contributed by atoms with Crippen molar-refractivity contribution in [3.8, 4) is 11.8 Å². The Morgan fingerprint density at radius 1 is 1.00 bits per heavy atom. The average Bonchev–Trinajstić information content (AvgIpc) is 3.19. The zero-order chi connectivity index (χ0) is 25.5. The zero-order valence-corrected chi connectivity index (χ0v) is 20.7. The molecule has 3 heterocycles. The van der Waals surface area contributed by atoms with Crippen LogP contribution in [0, 0.1) is 11.3 Å². The van der Waals surface area contributed by atoms with Gasteiger partial charge < -0.3 is 9.64 Å². The molecule has 1 saturated carbocycles. The van der Waals surface area contributed by atoms with Crippen LogP contribution in [0.4, 0.5) is 0 Å². The number of carbonyl (C=O) groups excluding carboxylic acids is 3. The fourth-order valence-corrected chi connectivity index (χ4v) is 6.29. The molecule has 8 nitrogen and oxygen atoms in total. The van der Waals surface area contributed by atoms with Crippen LogP contribution in [-0.4, -0.2) is 58.8 Å². The van der Waals surface area contributed by atoms with E-state index in [-0.39, 0.29) is 24.3 Å². The summed E-state index contributed by atoms with van der Waals surface area (Å²) >= 11 is 0. The number of hydrogen-bond acceptors (Lipinski definition) is 6. The molecule has 2 saturated heterocycles. The van der Waals surface area contributed by atoms with Gasteiger partial charge in [-0.25, -0.2) is 0 Å². The van der Waals surface area contributed by atoms with Gasteiger partial charge in [0.05, 0.1) is 11.6 Å². The van der Waals surface area contributed by atoms with Gasteiger partial charge in [-0.1, -0.05) is 18.6 Å². The summed E-state index contributed by atoms with van der Waals surface area (Å²) in [7, 11) is 0. The Bertz CT molecular complexity index is 1300. The molecule has 1 aliphatic carbocycles. The van der Waals surface area contributed by atoms with Crippen LogP contribution < -0.4 is 10.1 Å². The summed E-state index contributed by atoms with van der Waals surface area (Å²) in [6, 6.07) is 15.5. The van der Waals surface area contributed by atoms with E-state index in [0.29, 0.717) is 36.1 Å². The Kier molecular flexibility index (Phi) is 6.17. The molecule has 2 aromatic carbocycles. The number of piperidine rings is 1. The third-order valence-corrected chi connectivity index (χ3v) is 8.32. The van der Waals surface area contributed by atoms with Gasteiger partial charge in [0.2, 0.25) is 11.8 Å². The smallest absolute Gasteiger partial charge is 0.255 e. The monoisotopic (exact) mass is 498 g/mol. The maximum atomic E-state index is 13.0. The first-order valence-corrected chi connectivity index (χ1v) is 13.2. The number of rotatable bonds is 5. The predicted molar refractivity (Wildman–Crippen MR) is 135 cm³/mol. The first-order valence-electron chi connectivity index (χ1n) is 13.2. The number of imide groups is 1. The highest BCUT2D eigenvalue weighted by atomic mass is 16.5. The van der Waals surface area contributed by atoms with Crippen LogP contribution in [0.25, 0.3) is 0 Å². The third-order valence-electron chi connectivity index (χ3n) is 8.32. The molecule has 2 aromatic rings. The highest BCUT2D eigenvalue weighted by Crippen LogP contribution is 2.36. The van der Waals surface area contributed by atoms with Crippen LogP contribution in [0.5, 0.6) is 5.75 Å². The van der Waals surface area contributed by atoms with Crippen molar-refractivity contribution in [2.75, 3.05) is 13.1 Å². The van der Waals surface area contributed by atoms with E-state index in [2.05, 4.69) is 22.4 Å². The summed E-state index contributed by atoms with van der Waals surface area (Å²) in [5.74, 6) is 0.352. The lowest BCUT2D eigenvalue weighted by Crippen LogP contribution is -2.57. The zero-order valence-electron chi connectivity index (χ0n) is 20.7. The number of hydrogen-bond donors (Lipinski definition) is 1. The minimum atomic E-state index is -0.613. The Balaban J connectivity index is 1.12. The summed E-state index contributed by atoms with van der Waals surface area (Å²) in [6.45, 7) is 2.29. The van der Waals surface area contributed by atoms with E-state index >= 15 is 0 Å². The molecule has 190 valence electrons. The number of benzene rings is 2. The number of nitrogens with zero attached hydrogens (tertiary/aromatic N) is 3. The maximum absolute atomic E-state index is 13.0. The second kappa shape index (κ2) is 9.64. The van der Waals surface area contributed by atoms with E-state index in [0.717, 1.165) is 43.7 Å². The van der Waals surface area contributed by atoms with Gasteiger partial charge in [0.25, 0.3) is 5.91 Å². The van der Waals surface area contributed by atoms with E-state index in [1.165, 1.54) is 12.0 Å². The lowest BCUT2D eigenvalue weighted by atomic mass is 9.84. The van der Waals surface area contributed by atoms with Crippen LogP contribution in [0.2, 0.25) is 0 Å². The molecule has 6 rings (SSSR count). The van der Waals surface area contributed by atoms with Gasteiger partial charge in [0.15, 0.2) is 0 Å². The van der Waals surface area contributed by atoms with Crippen molar-refractivity contribution in [2.45, 2.75) is 69.2 Å². The number of amides is 3. The molecule has 0 aromatic heterocycles. The van der Waals surface area contributed by atoms with Crippen LogP contribution in [0.15, 0.2) is 42.5 Å². The van der Waals surface area contributed by atoms with Crippen LogP contribution >= 0.6 is 0 Å². The van der Waals surface area contributed by atoms with Crippen molar-refractivity contribution in [1.82, 2.24) is 15.1 Å². The maximum Gasteiger partial charge on any atom is 0.255 e. The number of ether oxygens (including phenoxy) is 1. The van der Waals surface area contributed by atoms with E-state index < -0.39 is 11.9 Å². The van der Waals surface area contributed by atoms with Crippen molar-refractivity contribution in [3.63, 3.8) is 0 Å². The second-order valence-electron chi connectivity index (χ2n) is 10.6. The number of nitrogens with one attached hydrogen (secondary N) is 1. The van der Waals surface area contributed by atoms with Crippen molar-refractivity contribution in [2.24, 2.45) is 0 Å². The summed E-state index contributed by atoms with van der Waals surface area (Å²) in [5.41, 5.74) is 3.40. The molecule has 3 atom stereocenters. The van der Waals surface area contributed by atoms with E-state index in [9.17, 15) is 19.6 Å². The quantitative estimate of drug-likeness (QED) is 0.636. The highest BCUT2D eigenvalue weighted by molar-refractivity contribution is 6.05. The molecule has 0 radical (unpaired) electrons. The normalized spacial score (nSPS) is 26.3. The number of fused-ring (bicyclic) bond motifs is 1. The SMILES string of the molecule is N#Cc1cccc(C2CN(C3CCCC[C@H]3Oc3ccc4c(c3)CN(C3CCC(=O)NC3=O)C4=O)C2)c1. The topological polar surface area (TPSA) is 103 Å². The Morgan fingerprint density at radius 3 is 2.65 bits per heavy atom. The highest BCUT2D eigenvalue weighted by Gasteiger charge is 2.41. The first-order chi connectivity index (χ1) is 18.0. The minimum Gasteiger partial charge on any atom is -0.489 e. The van der Waals surface area contributed by atoms with E-state index in [1.54, 1.807) is 11.0 Å². The molecular formula is C29H30N4O4. The van der Waals surface area contributed by atoms with Gasteiger partial charge in [-0.15, -0.1) is 0 Å². The standard InChI is InChI=1S/C29H30N4O4/c30-14-18-4-3-5-19(12-18)21-15-32(16-21)24-6-1-2-7-26(24)37-22-8-9-23-20(13-22)17-33(29(23)36)25-10-11-27(34)31-28(25)35/h3-5,8-9,12-13,21,24-26H,1-2,6-7,10-11,15-17H2,(H,31,34,35)/t24?,25?,26-/m1/s1. The average molecular weight is 499 g/mol. The van der Waals surface area contributed by atoms with Crippen LogP contribution in [-0.2, 0) is 16.1 Å². The summed E-state index contributed by atoms with van der Waals surface area (Å²) in [5, 5.41) is 11.6. The van der Waals surface area contributed by atoms with Gasteiger partial charge in [-0.3, -0.25) is 24.6 Å². The molecule has 4 aliphatic rings. The summed E-state index contributed by atoms with van der Waals surface area (Å²) in [6.07, 6.45) is 5.10. The molecule has 8 heteroatoms. The molecule has 3 amide bonds. The molecule has 1 N–H and O–H groups in total. The predicted octanol–water partition coefficient (Wildman–Crippen LogP) is 3.11. The molecule has 2 unspecified atom stereocenters.